The van der Waals surface area contributed by atoms with E-state index in [0.29, 0.717) is 18.1 Å². The molecule has 64 valence electrons. The third-order valence-corrected chi connectivity index (χ3v) is 2.94. The van der Waals surface area contributed by atoms with Crippen LogP contribution in [0.5, 0.6) is 0 Å². The highest BCUT2D eigenvalue weighted by Gasteiger charge is 2.56. The first-order chi connectivity index (χ1) is 5.15. The van der Waals surface area contributed by atoms with Gasteiger partial charge >= 0.3 is 0 Å². The van der Waals surface area contributed by atoms with Crippen molar-refractivity contribution in [2.75, 3.05) is 6.61 Å². The van der Waals surface area contributed by atoms with Crippen LogP contribution < -0.4 is 0 Å². The Morgan fingerprint density at radius 2 is 2.18 bits per heavy atom. The quantitative estimate of drug-likeness (QED) is 0.574. The summed E-state index contributed by atoms with van der Waals surface area (Å²) in [5.41, 5.74) is 0.0713. The van der Waals surface area contributed by atoms with Crippen LogP contribution in [0.25, 0.3) is 0 Å². The summed E-state index contributed by atoms with van der Waals surface area (Å²) in [6, 6.07) is 0. The van der Waals surface area contributed by atoms with Gasteiger partial charge in [0.2, 0.25) is 0 Å². The Labute approximate surface area is 67.9 Å². The Hall–Kier alpha value is -0.0800. The molecular weight excluding hydrogens is 140 g/mol. The molecule has 0 N–H and O–H groups in total. The van der Waals surface area contributed by atoms with E-state index in [1.165, 1.54) is 0 Å². The van der Waals surface area contributed by atoms with Crippen molar-refractivity contribution >= 4 is 0 Å². The minimum absolute atomic E-state index is 0.0713. The normalized spacial score (nSPS) is 46.6. The summed E-state index contributed by atoms with van der Waals surface area (Å²) in [6.07, 6.45) is 1.97. The first kappa shape index (κ1) is 7.56. The van der Waals surface area contributed by atoms with Crippen molar-refractivity contribution < 1.29 is 9.47 Å². The number of hydrogen-bond acceptors (Lipinski definition) is 2. The lowest BCUT2D eigenvalue weighted by atomic mass is 9.77. The maximum absolute atomic E-state index is 5.66. The Morgan fingerprint density at radius 1 is 1.45 bits per heavy atom. The van der Waals surface area contributed by atoms with E-state index in [1.807, 2.05) is 0 Å². The molecule has 2 heteroatoms. The second-order valence-electron chi connectivity index (χ2n) is 4.07. The minimum atomic E-state index is 0.0713. The van der Waals surface area contributed by atoms with Crippen LogP contribution in [0.15, 0.2) is 0 Å². The summed E-state index contributed by atoms with van der Waals surface area (Å²) in [5, 5.41) is 0. The zero-order valence-electron chi connectivity index (χ0n) is 7.46. The number of rotatable bonds is 1. The van der Waals surface area contributed by atoms with Crippen LogP contribution in [0.4, 0.5) is 0 Å². The van der Waals surface area contributed by atoms with Crippen LogP contribution in [0.2, 0.25) is 0 Å². The molecule has 0 saturated carbocycles. The monoisotopic (exact) mass is 156 g/mol. The van der Waals surface area contributed by atoms with E-state index >= 15 is 0 Å². The first-order valence-corrected chi connectivity index (χ1v) is 4.44. The molecule has 2 rings (SSSR count). The van der Waals surface area contributed by atoms with Crippen molar-refractivity contribution in [3.05, 3.63) is 0 Å². The maximum Gasteiger partial charge on any atom is 0.0896 e. The summed E-state index contributed by atoms with van der Waals surface area (Å²) >= 11 is 0. The van der Waals surface area contributed by atoms with Crippen LogP contribution in [-0.2, 0) is 9.47 Å². The second kappa shape index (κ2) is 2.20. The van der Waals surface area contributed by atoms with E-state index in [1.54, 1.807) is 0 Å². The standard InChI is InChI=1S/C9H16O2/c1-4-6-8-7(5-10-6)11-9(8,2)3/h6-8H,4-5H2,1-3H3/t6?,7-,8+/m0/s1. The highest BCUT2D eigenvalue weighted by atomic mass is 16.6. The van der Waals surface area contributed by atoms with Gasteiger partial charge in [0.15, 0.2) is 0 Å². The van der Waals surface area contributed by atoms with E-state index in [2.05, 4.69) is 20.8 Å². The van der Waals surface area contributed by atoms with E-state index < -0.39 is 0 Å². The molecule has 0 amide bonds. The molecule has 0 aliphatic carbocycles. The van der Waals surface area contributed by atoms with Gasteiger partial charge in [0.1, 0.15) is 0 Å². The lowest BCUT2D eigenvalue weighted by Crippen LogP contribution is -2.57. The van der Waals surface area contributed by atoms with Gasteiger partial charge in [-0.25, -0.2) is 0 Å². The predicted molar refractivity (Wildman–Crippen MR) is 42.5 cm³/mol. The molecule has 2 heterocycles. The molecule has 0 radical (unpaired) electrons. The van der Waals surface area contributed by atoms with Crippen molar-refractivity contribution in [2.24, 2.45) is 5.92 Å². The van der Waals surface area contributed by atoms with Crippen LogP contribution in [0.1, 0.15) is 27.2 Å². The molecule has 3 atom stereocenters. The average molecular weight is 156 g/mol. The zero-order valence-corrected chi connectivity index (χ0v) is 7.46. The van der Waals surface area contributed by atoms with Crippen LogP contribution in [0, 0.1) is 5.92 Å². The summed E-state index contributed by atoms with van der Waals surface area (Å²) in [7, 11) is 0. The molecule has 2 saturated heterocycles. The average Bonchev–Trinajstić information content (AvgIpc) is 2.27. The van der Waals surface area contributed by atoms with E-state index in [-0.39, 0.29) is 5.60 Å². The Kier molecular flexibility index (Phi) is 1.52. The van der Waals surface area contributed by atoms with Gasteiger partial charge in [-0.3, -0.25) is 0 Å². The Morgan fingerprint density at radius 3 is 2.64 bits per heavy atom. The Balaban J connectivity index is 2.08. The van der Waals surface area contributed by atoms with Crippen LogP contribution >= 0.6 is 0 Å². The Bertz CT molecular complexity index is 165. The molecule has 2 nitrogen and oxygen atoms in total. The fourth-order valence-corrected chi connectivity index (χ4v) is 2.44. The van der Waals surface area contributed by atoms with Crippen LogP contribution in [-0.4, -0.2) is 24.4 Å². The third kappa shape index (κ3) is 0.926. The molecule has 2 aliphatic rings. The summed E-state index contributed by atoms with van der Waals surface area (Å²) in [4.78, 5) is 0. The molecule has 0 spiro atoms. The third-order valence-electron chi connectivity index (χ3n) is 2.94. The van der Waals surface area contributed by atoms with Crippen LogP contribution in [0.3, 0.4) is 0 Å². The fraction of sp³-hybridized carbons (Fsp3) is 1.00. The maximum atomic E-state index is 5.66. The van der Waals surface area contributed by atoms with Gasteiger partial charge in [0.25, 0.3) is 0 Å². The number of fused-ring (bicyclic) bond motifs is 1. The smallest absolute Gasteiger partial charge is 0.0896 e. The van der Waals surface area contributed by atoms with E-state index in [9.17, 15) is 0 Å². The highest BCUT2D eigenvalue weighted by molar-refractivity contribution is 5.02. The predicted octanol–water partition coefficient (Wildman–Crippen LogP) is 1.59. The molecule has 11 heavy (non-hydrogen) atoms. The molecule has 1 unspecified atom stereocenters. The molecule has 2 fully saturated rings. The van der Waals surface area contributed by atoms with E-state index in [4.69, 9.17) is 9.47 Å². The summed E-state index contributed by atoms with van der Waals surface area (Å²) in [5.74, 6) is 0.646. The van der Waals surface area contributed by atoms with Gasteiger partial charge in [-0.15, -0.1) is 0 Å². The van der Waals surface area contributed by atoms with Gasteiger partial charge in [-0.1, -0.05) is 6.92 Å². The molecule has 0 aromatic rings. The first-order valence-electron chi connectivity index (χ1n) is 4.44. The molecule has 0 aromatic carbocycles. The summed E-state index contributed by atoms with van der Waals surface area (Å²) < 4.78 is 11.3. The van der Waals surface area contributed by atoms with Crippen molar-refractivity contribution in [1.82, 2.24) is 0 Å². The van der Waals surface area contributed by atoms with Crippen molar-refractivity contribution in [3.63, 3.8) is 0 Å². The zero-order chi connectivity index (χ0) is 8.06. The molecular formula is C9H16O2. The van der Waals surface area contributed by atoms with Gasteiger partial charge in [0.05, 0.1) is 24.4 Å². The molecule has 0 aromatic heterocycles. The number of ether oxygens (including phenoxy) is 2. The molecule has 2 aliphatic heterocycles. The van der Waals surface area contributed by atoms with Gasteiger partial charge in [-0.2, -0.15) is 0 Å². The SMILES string of the molecule is CCC1OC[C@@H]2OC(C)(C)[C@H]12. The van der Waals surface area contributed by atoms with E-state index in [0.717, 1.165) is 13.0 Å². The lowest BCUT2D eigenvalue weighted by molar-refractivity contribution is -0.226. The lowest BCUT2D eigenvalue weighted by Gasteiger charge is -2.48. The van der Waals surface area contributed by atoms with Gasteiger partial charge < -0.3 is 9.47 Å². The largest absolute Gasteiger partial charge is 0.375 e. The van der Waals surface area contributed by atoms with Crippen molar-refractivity contribution in [3.8, 4) is 0 Å². The topological polar surface area (TPSA) is 18.5 Å². The summed E-state index contributed by atoms with van der Waals surface area (Å²) in [6.45, 7) is 7.31. The minimum Gasteiger partial charge on any atom is -0.375 e. The van der Waals surface area contributed by atoms with Gasteiger partial charge in [0, 0.05) is 5.92 Å². The second-order valence-corrected chi connectivity index (χ2v) is 4.07. The molecule has 0 bridgehead atoms. The van der Waals surface area contributed by atoms with Crippen molar-refractivity contribution in [1.29, 1.82) is 0 Å². The van der Waals surface area contributed by atoms with Gasteiger partial charge in [-0.05, 0) is 20.3 Å². The number of hydrogen-bond donors (Lipinski definition) is 0. The highest BCUT2D eigenvalue weighted by Crippen LogP contribution is 2.46. The van der Waals surface area contributed by atoms with Crippen molar-refractivity contribution in [2.45, 2.75) is 45.0 Å². The fourth-order valence-electron chi connectivity index (χ4n) is 2.44.